The second kappa shape index (κ2) is 4.97. The van der Waals surface area contributed by atoms with Crippen molar-refractivity contribution < 1.29 is 9.90 Å². The first kappa shape index (κ1) is 15.3. The summed E-state index contributed by atoms with van der Waals surface area (Å²) >= 11 is 0. The second-order valence-corrected chi connectivity index (χ2v) is 8.65. The summed E-state index contributed by atoms with van der Waals surface area (Å²) in [5.41, 5.74) is -0.160. The van der Waals surface area contributed by atoms with Crippen LogP contribution in [0.1, 0.15) is 72.1 Å². The lowest BCUT2D eigenvalue weighted by molar-refractivity contribution is -0.158. The van der Waals surface area contributed by atoms with Crippen molar-refractivity contribution in [3.05, 3.63) is 0 Å². The molecule has 2 atom stereocenters. The van der Waals surface area contributed by atoms with Crippen LogP contribution in [0.2, 0.25) is 0 Å². The summed E-state index contributed by atoms with van der Waals surface area (Å²) in [7, 11) is 0. The summed E-state index contributed by atoms with van der Waals surface area (Å²) in [6.45, 7) is 6.55. The van der Waals surface area contributed by atoms with Crippen molar-refractivity contribution in [3.8, 4) is 0 Å². The summed E-state index contributed by atoms with van der Waals surface area (Å²) < 4.78 is 0. The molecule has 0 heterocycles. The average molecular weight is 293 g/mol. The first-order chi connectivity index (χ1) is 9.88. The number of amides is 1. The smallest absolute Gasteiger partial charge is 0.226 e. The molecule has 0 spiro atoms. The SMILES string of the molecule is CCC(CC)(CO)NC(=O)C12CC3CC(CC(C)(C3)C1)C2. The van der Waals surface area contributed by atoms with Gasteiger partial charge in [-0.1, -0.05) is 20.8 Å². The quantitative estimate of drug-likeness (QED) is 0.817. The molecule has 120 valence electrons. The van der Waals surface area contributed by atoms with E-state index in [0.29, 0.717) is 5.41 Å². The molecule has 4 saturated carbocycles. The van der Waals surface area contributed by atoms with Crippen molar-refractivity contribution in [2.24, 2.45) is 22.7 Å². The average Bonchev–Trinajstić information content (AvgIpc) is 2.42. The van der Waals surface area contributed by atoms with E-state index < -0.39 is 5.54 Å². The zero-order valence-corrected chi connectivity index (χ0v) is 13.9. The van der Waals surface area contributed by atoms with Gasteiger partial charge in [0.2, 0.25) is 5.91 Å². The van der Waals surface area contributed by atoms with Crippen LogP contribution in [0.3, 0.4) is 0 Å². The molecule has 3 nitrogen and oxygen atoms in total. The van der Waals surface area contributed by atoms with Gasteiger partial charge in [-0.05, 0) is 68.6 Å². The Hall–Kier alpha value is -0.570. The van der Waals surface area contributed by atoms with Gasteiger partial charge in [-0.3, -0.25) is 4.79 Å². The number of rotatable bonds is 5. The maximum absolute atomic E-state index is 13.1. The molecule has 0 aromatic carbocycles. The molecule has 0 aliphatic heterocycles. The highest BCUT2D eigenvalue weighted by atomic mass is 16.3. The molecule has 0 aromatic rings. The fourth-order valence-corrected chi connectivity index (χ4v) is 6.05. The lowest BCUT2D eigenvalue weighted by Crippen LogP contribution is -2.61. The fourth-order valence-electron chi connectivity index (χ4n) is 6.05. The molecule has 21 heavy (non-hydrogen) atoms. The largest absolute Gasteiger partial charge is 0.394 e. The first-order valence-electron chi connectivity index (χ1n) is 8.82. The van der Waals surface area contributed by atoms with Gasteiger partial charge in [0.25, 0.3) is 0 Å². The van der Waals surface area contributed by atoms with Gasteiger partial charge < -0.3 is 10.4 Å². The Balaban J connectivity index is 1.81. The minimum absolute atomic E-state index is 0.0476. The molecule has 3 heteroatoms. The van der Waals surface area contributed by atoms with E-state index in [1.54, 1.807) is 0 Å². The number of hydrogen-bond acceptors (Lipinski definition) is 2. The van der Waals surface area contributed by atoms with E-state index in [1.807, 2.05) is 0 Å². The molecule has 1 amide bonds. The summed E-state index contributed by atoms with van der Waals surface area (Å²) in [5, 5.41) is 13.0. The minimum Gasteiger partial charge on any atom is -0.394 e. The van der Waals surface area contributed by atoms with Gasteiger partial charge >= 0.3 is 0 Å². The summed E-state index contributed by atoms with van der Waals surface area (Å²) in [4.78, 5) is 13.1. The number of aliphatic hydroxyl groups excluding tert-OH is 1. The normalized spacial score (nSPS) is 41.3. The van der Waals surface area contributed by atoms with Crippen LogP contribution in [0.15, 0.2) is 0 Å². The third-order valence-corrected chi connectivity index (χ3v) is 6.87. The fraction of sp³-hybridized carbons (Fsp3) is 0.944. The van der Waals surface area contributed by atoms with Crippen LogP contribution < -0.4 is 5.32 Å². The lowest BCUT2D eigenvalue weighted by Gasteiger charge is -2.60. The molecule has 0 saturated heterocycles. The Morgan fingerprint density at radius 1 is 1.19 bits per heavy atom. The van der Waals surface area contributed by atoms with Crippen molar-refractivity contribution in [3.63, 3.8) is 0 Å². The monoisotopic (exact) mass is 293 g/mol. The molecular weight excluding hydrogens is 262 g/mol. The predicted octanol–water partition coefficient (Wildman–Crippen LogP) is 3.26. The molecule has 0 aromatic heterocycles. The Morgan fingerprint density at radius 3 is 2.19 bits per heavy atom. The molecule has 4 bridgehead atoms. The summed E-state index contributed by atoms with van der Waals surface area (Å²) in [6, 6.07) is 0. The number of carbonyl (C=O) groups excluding carboxylic acids is 1. The lowest BCUT2D eigenvalue weighted by atomic mass is 9.44. The van der Waals surface area contributed by atoms with E-state index in [0.717, 1.165) is 43.9 Å². The first-order valence-corrected chi connectivity index (χ1v) is 8.82. The van der Waals surface area contributed by atoms with Crippen molar-refractivity contribution >= 4 is 5.91 Å². The number of aliphatic hydroxyl groups is 1. The van der Waals surface area contributed by atoms with Crippen LogP contribution in [-0.2, 0) is 4.79 Å². The molecule has 2 N–H and O–H groups in total. The van der Waals surface area contributed by atoms with E-state index in [-0.39, 0.29) is 17.9 Å². The highest BCUT2D eigenvalue weighted by Crippen LogP contribution is 2.65. The van der Waals surface area contributed by atoms with Gasteiger partial charge in [0, 0.05) is 0 Å². The molecular formula is C18H31NO2. The molecule has 4 rings (SSSR count). The molecule has 4 fully saturated rings. The number of hydrogen-bond donors (Lipinski definition) is 2. The van der Waals surface area contributed by atoms with Crippen LogP contribution in [0, 0.1) is 22.7 Å². The third-order valence-electron chi connectivity index (χ3n) is 6.87. The topological polar surface area (TPSA) is 49.3 Å². The Kier molecular flexibility index (Phi) is 3.63. The van der Waals surface area contributed by atoms with Gasteiger partial charge in [0.05, 0.1) is 17.6 Å². The third kappa shape index (κ3) is 2.42. The van der Waals surface area contributed by atoms with E-state index >= 15 is 0 Å². The zero-order chi connectivity index (χ0) is 15.3. The van der Waals surface area contributed by atoms with E-state index in [4.69, 9.17) is 0 Å². The van der Waals surface area contributed by atoms with Crippen LogP contribution in [0.5, 0.6) is 0 Å². The van der Waals surface area contributed by atoms with Crippen molar-refractivity contribution in [2.75, 3.05) is 6.61 Å². The van der Waals surface area contributed by atoms with Gasteiger partial charge in [0.15, 0.2) is 0 Å². The highest BCUT2D eigenvalue weighted by molar-refractivity contribution is 5.84. The summed E-state index contributed by atoms with van der Waals surface area (Å²) in [5.74, 6) is 1.75. The van der Waals surface area contributed by atoms with Crippen LogP contribution in [0.4, 0.5) is 0 Å². The Labute approximate surface area is 128 Å². The molecule has 0 radical (unpaired) electrons. The van der Waals surface area contributed by atoms with Crippen LogP contribution in [0.25, 0.3) is 0 Å². The van der Waals surface area contributed by atoms with E-state index in [2.05, 4.69) is 26.1 Å². The van der Waals surface area contributed by atoms with Crippen LogP contribution >= 0.6 is 0 Å². The van der Waals surface area contributed by atoms with E-state index in [9.17, 15) is 9.90 Å². The number of nitrogens with one attached hydrogen (secondary N) is 1. The van der Waals surface area contributed by atoms with Gasteiger partial charge in [-0.15, -0.1) is 0 Å². The van der Waals surface area contributed by atoms with Crippen LogP contribution in [-0.4, -0.2) is 23.2 Å². The predicted molar refractivity (Wildman–Crippen MR) is 83.8 cm³/mol. The van der Waals surface area contributed by atoms with Gasteiger partial charge in [0.1, 0.15) is 0 Å². The molecule has 4 aliphatic rings. The number of carbonyl (C=O) groups is 1. The van der Waals surface area contributed by atoms with Crippen molar-refractivity contribution in [1.29, 1.82) is 0 Å². The Bertz CT molecular complexity index is 405. The van der Waals surface area contributed by atoms with Crippen molar-refractivity contribution in [1.82, 2.24) is 5.32 Å². The standard InChI is InChI=1S/C18H31NO2/c1-4-18(5-2,12-20)19-15(21)17-9-13-6-14(10-17)8-16(3,7-13)11-17/h13-14,20H,4-12H2,1-3H3,(H,19,21). The maximum atomic E-state index is 13.1. The van der Waals surface area contributed by atoms with E-state index in [1.165, 1.54) is 19.3 Å². The van der Waals surface area contributed by atoms with Gasteiger partial charge in [-0.25, -0.2) is 0 Å². The Morgan fingerprint density at radius 2 is 1.76 bits per heavy atom. The highest BCUT2D eigenvalue weighted by Gasteiger charge is 2.59. The maximum Gasteiger partial charge on any atom is 0.226 e. The minimum atomic E-state index is -0.415. The molecule has 4 aliphatic carbocycles. The second-order valence-electron chi connectivity index (χ2n) is 8.65. The zero-order valence-electron chi connectivity index (χ0n) is 13.9. The van der Waals surface area contributed by atoms with Gasteiger partial charge in [-0.2, -0.15) is 0 Å². The molecule has 2 unspecified atom stereocenters. The van der Waals surface area contributed by atoms with Crippen molar-refractivity contribution in [2.45, 2.75) is 77.7 Å². The summed E-state index contributed by atoms with van der Waals surface area (Å²) in [6.07, 6.45) is 8.82.